The molecule has 0 heterocycles. The third kappa shape index (κ3) is 5.17. The van der Waals surface area contributed by atoms with Crippen molar-refractivity contribution in [2.24, 2.45) is 0 Å². The average molecular weight is 265 g/mol. The first-order valence-corrected chi connectivity index (χ1v) is 5.63. The van der Waals surface area contributed by atoms with Crippen LogP contribution in [0.2, 0.25) is 0 Å². The van der Waals surface area contributed by atoms with Crippen molar-refractivity contribution in [3.8, 4) is 0 Å². The standard InChI is InChI=1S/C12H15N3O4/c1-9(16)7-13-8-11(15(18)19)14-12(17)10-5-3-2-4-6-10/h2-6,8-9,13,16H,7H2,1H3,(H,14,17)/b11-8-/t9-/m1/s1. The molecule has 0 radical (unpaired) electrons. The van der Waals surface area contributed by atoms with Gasteiger partial charge in [-0.25, -0.2) is 10.1 Å². The third-order valence-corrected chi connectivity index (χ3v) is 2.13. The van der Waals surface area contributed by atoms with Crippen molar-refractivity contribution in [1.29, 1.82) is 0 Å². The number of rotatable bonds is 6. The number of aliphatic hydroxyl groups is 1. The van der Waals surface area contributed by atoms with E-state index in [2.05, 4.69) is 10.6 Å². The summed E-state index contributed by atoms with van der Waals surface area (Å²) < 4.78 is 0. The Balaban J connectivity index is 2.69. The number of carbonyl (C=O) groups excluding carboxylic acids is 1. The molecule has 0 aliphatic heterocycles. The Hall–Kier alpha value is -2.41. The van der Waals surface area contributed by atoms with Crippen molar-refractivity contribution in [3.05, 3.63) is 58.0 Å². The zero-order valence-electron chi connectivity index (χ0n) is 10.4. The normalized spacial score (nSPS) is 12.6. The second kappa shape index (κ2) is 7.12. The van der Waals surface area contributed by atoms with Crippen molar-refractivity contribution in [1.82, 2.24) is 10.6 Å². The minimum Gasteiger partial charge on any atom is -0.392 e. The van der Waals surface area contributed by atoms with Crippen LogP contribution in [0.1, 0.15) is 17.3 Å². The van der Waals surface area contributed by atoms with Crippen LogP contribution in [0.3, 0.4) is 0 Å². The van der Waals surface area contributed by atoms with Gasteiger partial charge in [0.2, 0.25) is 0 Å². The highest BCUT2D eigenvalue weighted by Gasteiger charge is 2.16. The molecule has 0 aliphatic carbocycles. The maximum Gasteiger partial charge on any atom is 0.339 e. The summed E-state index contributed by atoms with van der Waals surface area (Å²) in [5.41, 5.74) is 0.325. The lowest BCUT2D eigenvalue weighted by Gasteiger charge is -2.05. The molecule has 7 heteroatoms. The number of aliphatic hydroxyl groups excluding tert-OH is 1. The molecule has 1 rings (SSSR count). The molecule has 0 bridgehead atoms. The Morgan fingerprint density at radius 2 is 2.11 bits per heavy atom. The SMILES string of the molecule is C[C@@H](O)CN/C=C(/NC(=O)c1ccccc1)[N+](=O)[O-]. The van der Waals surface area contributed by atoms with Crippen molar-refractivity contribution in [2.75, 3.05) is 6.54 Å². The molecule has 0 unspecified atom stereocenters. The molecule has 102 valence electrons. The molecule has 1 atom stereocenters. The molecule has 0 fully saturated rings. The molecular weight excluding hydrogens is 250 g/mol. The van der Waals surface area contributed by atoms with Gasteiger partial charge in [0.25, 0.3) is 0 Å². The second-order valence-electron chi connectivity index (χ2n) is 3.86. The molecule has 0 saturated carbocycles. The highest BCUT2D eigenvalue weighted by Crippen LogP contribution is 2.00. The number of nitro groups is 1. The third-order valence-electron chi connectivity index (χ3n) is 2.13. The first-order chi connectivity index (χ1) is 9.00. The smallest absolute Gasteiger partial charge is 0.339 e. The van der Waals surface area contributed by atoms with Crippen LogP contribution < -0.4 is 10.6 Å². The lowest BCUT2D eigenvalue weighted by molar-refractivity contribution is -0.430. The van der Waals surface area contributed by atoms with Crippen LogP contribution >= 0.6 is 0 Å². The average Bonchev–Trinajstić information content (AvgIpc) is 2.37. The summed E-state index contributed by atoms with van der Waals surface area (Å²) in [5, 5.41) is 24.5. The largest absolute Gasteiger partial charge is 0.392 e. The summed E-state index contributed by atoms with van der Waals surface area (Å²) in [5.74, 6) is -1.04. The number of nitrogens with one attached hydrogen (secondary N) is 2. The molecule has 0 aliphatic rings. The van der Waals surface area contributed by atoms with Crippen molar-refractivity contribution < 1.29 is 14.8 Å². The summed E-state index contributed by atoms with van der Waals surface area (Å²) in [6.07, 6.45) is 0.405. The fourth-order valence-electron chi connectivity index (χ4n) is 1.24. The number of benzene rings is 1. The molecule has 0 spiro atoms. The van der Waals surface area contributed by atoms with Gasteiger partial charge in [0, 0.05) is 6.54 Å². The van der Waals surface area contributed by atoms with E-state index in [4.69, 9.17) is 5.11 Å². The van der Waals surface area contributed by atoms with Gasteiger partial charge in [-0.1, -0.05) is 18.2 Å². The minimum atomic E-state index is -0.712. The highest BCUT2D eigenvalue weighted by molar-refractivity contribution is 5.94. The summed E-state index contributed by atoms with van der Waals surface area (Å²) in [6, 6.07) is 8.17. The van der Waals surface area contributed by atoms with Crippen LogP contribution in [0, 0.1) is 10.1 Å². The van der Waals surface area contributed by atoms with E-state index in [1.807, 2.05) is 0 Å². The number of amides is 1. The van der Waals surface area contributed by atoms with Crippen LogP contribution in [0.25, 0.3) is 0 Å². The molecule has 19 heavy (non-hydrogen) atoms. The molecule has 0 aromatic heterocycles. The zero-order valence-corrected chi connectivity index (χ0v) is 10.4. The van der Waals surface area contributed by atoms with Crippen LogP contribution in [-0.4, -0.2) is 28.6 Å². The Kier molecular flexibility index (Phi) is 5.49. The van der Waals surface area contributed by atoms with Gasteiger partial charge in [0.15, 0.2) is 0 Å². The second-order valence-corrected chi connectivity index (χ2v) is 3.86. The summed E-state index contributed by atoms with van der Waals surface area (Å²) in [6.45, 7) is 1.69. The van der Waals surface area contributed by atoms with E-state index in [0.29, 0.717) is 5.56 Å². The van der Waals surface area contributed by atoms with E-state index in [-0.39, 0.29) is 6.54 Å². The molecular formula is C12H15N3O4. The van der Waals surface area contributed by atoms with Gasteiger partial charge in [0.05, 0.1) is 17.9 Å². The van der Waals surface area contributed by atoms with E-state index >= 15 is 0 Å². The maximum absolute atomic E-state index is 11.7. The van der Waals surface area contributed by atoms with Gasteiger partial charge >= 0.3 is 11.7 Å². The fourth-order valence-corrected chi connectivity index (χ4v) is 1.24. The van der Waals surface area contributed by atoms with E-state index in [1.54, 1.807) is 30.3 Å². The van der Waals surface area contributed by atoms with Gasteiger partial charge in [0.1, 0.15) is 0 Å². The number of carbonyl (C=O) groups is 1. The van der Waals surface area contributed by atoms with Gasteiger partial charge < -0.3 is 20.5 Å². The number of hydrogen-bond acceptors (Lipinski definition) is 5. The van der Waals surface area contributed by atoms with Crippen molar-refractivity contribution >= 4 is 5.91 Å². The lowest BCUT2D eigenvalue weighted by Crippen LogP contribution is -2.30. The maximum atomic E-state index is 11.7. The molecule has 1 amide bonds. The predicted octanol–water partition coefficient (Wildman–Crippen LogP) is 0.462. The Morgan fingerprint density at radius 3 is 2.63 bits per heavy atom. The molecule has 1 aromatic carbocycles. The van der Waals surface area contributed by atoms with Crippen LogP contribution in [-0.2, 0) is 0 Å². The van der Waals surface area contributed by atoms with Gasteiger partial charge in [-0.3, -0.25) is 0 Å². The summed E-state index contributed by atoms with van der Waals surface area (Å²) in [4.78, 5) is 21.8. The molecule has 1 aromatic rings. The van der Waals surface area contributed by atoms with Gasteiger partial charge in [-0.05, 0) is 24.0 Å². The predicted molar refractivity (Wildman–Crippen MR) is 68.7 cm³/mol. The van der Waals surface area contributed by atoms with Crippen LogP contribution in [0.15, 0.2) is 42.4 Å². The lowest BCUT2D eigenvalue weighted by atomic mass is 10.2. The Morgan fingerprint density at radius 1 is 1.47 bits per heavy atom. The van der Waals surface area contributed by atoms with Gasteiger partial charge in [-0.2, -0.15) is 0 Å². The Bertz CT molecular complexity index is 471. The number of hydrogen-bond donors (Lipinski definition) is 3. The number of nitrogens with zero attached hydrogens (tertiary/aromatic N) is 1. The van der Waals surface area contributed by atoms with E-state index < -0.39 is 22.8 Å². The van der Waals surface area contributed by atoms with Gasteiger partial charge in [-0.15, -0.1) is 0 Å². The van der Waals surface area contributed by atoms with E-state index in [9.17, 15) is 14.9 Å². The van der Waals surface area contributed by atoms with Crippen molar-refractivity contribution in [2.45, 2.75) is 13.0 Å². The van der Waals surface area contributed by atoms with Crippen molar-refractivity contribution in [3.63, 3.8) is 0 Å². The first kappa shape index (κ1) is 14.7. The molecule has 3 N–H and O–H groups in total. The zero-order chi connectivity index (χ0) is 14.3. The summed E-state index contributed by atoms with van der Waals surface area (Å²) >= 11 is 0. The van der Waals surface area contributed by atoms with E-state index in [0.717, 1.165) is 6.20 Å². The quantitative estimate of drug-likeness (QED) is 0.512. The fraction of sp³-hybridized carbons (Fsp3) is 0.250. The first-order valence-electron chi connectivity index (χ1n) is 5.63. The monoisotopic (exact) mass is 265 g/mol. The summed E-state index contributed by atoms with van der Waals surface area (Å²) in [7, 11) is 0. The van der Waals surface area contributed by atoms with E-state index in [1.165, 1.54) is 6.92 Å². The minimum absolute atomic E-state index is 0.151. The Labute approximate surface area is 110 Å². The topological polar surface area (TPSA) is 104 Å². The molecule has 7 nitrogen and oxygen atoms in total. The van der Waals surface area contributed by atoms with Crippen LogP contribution in [0.5, 0.6) is 0 Å². The van der Waals surface area contributed by atoms with Crippen LogP contribution in [0.4, 0.5) is 0 Å². The molecule has 0 saturated heterocycles. The highest BCUT2D eigenvalue weighted by atomic mass is 16.6.